The number of aryl methyl sites for hydroxylation is 1. The smallest absolute Gasteiger partial charge is 0.218 e. The molecule has 1 aromatic carbocycles. The van der Waals surface area contributed by atoms with Crippen LogP contribution in [0, 0.1) is 6.92 Å². The lowest BCUT2D eigenvalue weighted by Gasteiger charge is -1.94. The largest absolute Gasteiger partial charge is 0.493 e. The summed E-state index contributed by atoms with van der Waals surface area (Å²) in [6, 6.07) is 8.87. The molecule has 6 nitrogen and oxygen atoms in total. The predicted molar refractivity (Wildman–Crippen MR) is 75.9 cm³/mol. The first-order valence-electron chi connectivity index (χ1n) is 5.86. The van der Waals surface area contributed by atoms with E-state index in [9.17, 15) is 5.11 Å². The third-order valence-electron chi connectivity index (χ3n) is 2.87. The first kappa shape index (κ1) is 12.6. The summed E-state index contributed by atoms with van der Waals surface area (Å²) in [5, 5.41) is 26.4. The molecule has 0 atom stereocenters. The van der Waals surface area contributed by atoms with E-state index in [2.05, 4.69) is 25.4 Å². The molecule has 0 spiro atoms. The lowest BCUT2D eigenvalue weighted by atomic mass is 10.1. The van der Waals surface area contributed by atoms with Gasteiger partial charge in [-0.3, -0.25) is 0 Å². The minimum absolute atomic E-state index is 0.0278. The van der Waals surface area contributed by atoms with Crippen molar-refractivity contribution in [3.63, 3.8) is 0 Å². The molecule has 100 valence electrons. The number of rotatable bonds is 2. The van der Waals surface area contributed by atoms with Crippen molar-refractivity contribution in [3.8, 4) is 5.88 Å². The van der Waals surface area contributed by atoms with Gasteiger partial charge in [0.05, 0.1) is 5.52 Å². The Morgan fingerprint density at radius 3 is 2.75 bits per heavy atom. The zero-order chi connectivity index (χ0) is 14.1. The van der Waals surface area contributed by atoms with Gasteiger partial charge in [0.2, 0.25) is 5.88 Å². The highest BCUT2D eigenvalue weighted by Crippen LogP contribution is 2.37. The molecule has 2 N–H and O–H groups in total. The second-order valence-electron chi connectivity index (χ2n) is 4.23. The van der Waals surface area contributed by atoms with E-state index in [1.165, 1.54) is 0 Å². The zero-order valence-electron chi connectivity index (χ0n) is 10.5. The van der Waals surface area contributed by atoms with Crippen LogP contribution in [0.2, 0.25) is 5.15 Å². The number of aromatic amines is 1. The molecule has 7 heteroatoms. The number of H-pyrrole nitrogens is 1. The van der Waals surface area contributed by atoms with Crippen molar-refractivity contribution < 1.29 is 5.11 Å². The summed E-state index contributed by atoms with van der Waals surface area (Å²) in [5.74, 6) is 0.288. The van der Waals surface area contributed by atoms with Crippen molar-refractivity contribution in [3.05, 3.63) is 41.0 Å². The summed E-state index contributed by atoms with van der Waals surface area (Å²) in [5.41, 5.74) is 2.23. The second-order valence-corrected chi connectivity index (χ2v) is 4.62. The SMILES string of the molecule is Cc1cccc2c(N=Nc3ccc(Cl)nn3)c(O)[nH]c12. The monoisotopic (exact) mass is 287 g/mol. The number of nitrogens with zero attached hydrogens (tertiary/aromatic N) is 4. The van der Waals surface area contributed by atoms with Gasteiger partial charge in [0.1, 0.15) is 0 Å². The molecule has 0 saturated heterocycles. The highest BCUT2D eigenvalue weighted by atomic mass is 35.5. The van der Waals surface area contributed by atoms with Crippen molar-refractivity contribution in [2.45, 2.75) is 6.92 Å². The van der Waals surface area contributed by atoms with Crippen LogP contribution in [0.25, 0.3) is 10.9 Å². The Kier molecular flexibility index (Phi) is 3.08. The third-order valence-corrected chi connectivity index (χ3v) is 3.07. The average Bonchev–Trinajstić information content (AvgIpc) is 2.76. The van der Waals surface area contributed by atoms with Crippen LogP contribution >= 0.6 is 11.6 Å². The van der Waals surface area contributed by atoms with E-state index in [4.69, 9.17) is 11.6 Å². The van der Waals surface area contributed by atoms with E-state index >= 15 is 0 Å². The maximum Gasteiger partial charge on any atom is 0.218 e. The number of halogens is 1. The Labute approximate surface area is 119 Å². The number of nitrogens with one attached hydrogen (secondary N) is 1. The van der Waals surface area contributed by atoms with Crippen molar-refractivity contribution >= 4 is 34.0 Å². The molecule has 0 fully saturated rings. The van der Waals surface area contributed by atoms with Crippen molar-refractivity contribution in [2.75, 3.05) is 0 Å². The van der Waals surface area contributed by atoms with Crippen LogP contribution in [0.3, 0.4) is 0 Å². The number of fused-ring (bicyclic) bond motifs is 1. The zero-order valence-corrected chi connectivity index (χ0v) is 11.3. The quantitative estimate of drug-likeness (QED) is 0.697. The molecule has 3 rings (SSSR count). The summed E-state index contributed by atoms with van der Waals surface area (Å²) < 4.78 is 0. The number of hydrogen-bond acceptors (Lipinski definition) is 5. The molecule has 0 saturated carbocycles. The molecule has 2 heterocycles. The summed E-state index contributed by atoms with van der Waals surface area (Å²) in [6.45, 7) is 1.95. The molecule has 0 aliphatic heterocycles. The molecule has 3 aromatic rings. The molecule has 0 bridgehead atoms. The van der Waals surface area contributed by atoms with Gasteiger partial charge in [0, 0.05) is 5.39 Å². The average molecular weight is 288 g/mol. The molecular formula is C13H10ClN5O. The van der Waals surface area contributed by atoms with E-state index in [0.717, 1.165) is 16.5 Å². The van der Waals surface area contributed by atoms with E-state index in [0.29, 0.717) is 11.5 Å². The Bertz CT molecular complexity index is 794. The minimum atomic E-state index is -0.0278. The summed E-state index contributed by atoms with van der Waals surface area (Å²) in [4.78, 5) is 2.89. The number of benzene rings is 1. The maximum atomic E-state index is 9.91. The number of para-hydroxylation sites is 1. The van der Waals surface area contributed by atoms with Crippen LogP contribution in [-0.4, -0.2) is 20.3 Å². The maximum absolute atomic E-state index is 9.91. The Morgan fingerprint density at radius 2 is 2.00 bits per heavy atom. The van der Waals surface area contributed by atoms with Gasteiger partial charge < -0.3 is 10.1 Å². The van der Waals surface area contributed by atoms with Gasteiger partial charge in [-0.2, -0.15) is 0 Å². The molecular weight excluding hydrogens is 278 g/mol. The first-order chi connectivity index (χ1) is 9.65. The minimum Gasteiger partial charge on any atom is -0.493 e. The van der Waals surface area contributed by atoms with E-state index < -0.39 is 0 Å². The number of aromatic hydroxyl groups is 1. The Hall–Kier alpha value is -2.47. The van der Waals surface area contributed by atoms with Crippen molar-refractivity contribution in [2.24, 2.45) is 10.2 Å². The second kappa shape index (κ2) is 4.90. The van der Waals surface area contributed by atoms with Crippen LogP contribution in [0.15, 0.2) is 40.6 Å². The molecule has 2 aromatic heterocycles. The number of hydrogen-bond donors (Lipinski definition) is 2. The van der Waals surface area contributed by atoms with Gasteiger partial charge in [0.15, 0.2) is 16.7 Å². The van der Waals surface area contributed by atoms with Crippen LogP contribution in [0.5, 0.6) is 5.88 Å². The molecule has 0 aliphatic rings. The fourth-order valence-corrected chi connectivity index (χ4v) is 2.00. The standard InChI is InChI=1S/C13H10ClN5O/c1-7-3-2-4-8-11(7)15-13(20)12(8)19-18-10-6-5-9(14)16-17-10/h2-6,15,20H,1H3. The fourth-order valence-electron chi connectivity index (χ4n) is 1.90. The highest BCUT2D eigenvalue weighted by molar-refractivity contribution is 6.29. The normalized spacial score (nSPS) is 11.5. The van der Waals surface area contributed by atoms with E-state index in [1.54, 1.807) is 12.1 Å². The molecule has 0 radical (unpaired) electrons. The predicted octanol–water partition coefficient (Wildman–Crippen LogP) is 4.04. The topological polar surface area (TPSA) is 86.5 Å². The van der Waals surface area contributed by atoms with Gasteiger partial charge in [-0.1, -0.05) is 29.8 Å². The molecule has 0 aliphatic carbocycles. The van der Waals surface area contributed by atoms with Crippen LogP contribution < -0.4 is 0 Å². The van der Waals surface area contributed by atoms with E-state index in [-0.39, 0.29) is 11.0 Å². The third kappa shape index (κ3) is 2.21. The van der Waals surface area contributed by atoms with Gasteiger partial charge >= 0.3 is 0 Å². The van der Waals surface area contributed by atoms with Crippen LogP contribution in [0.1, 0.15) is 5.56 Å². The highest BCUT2D eigenvalue weighted by Gasteiger charge is 2.11. The molecule has 0 amide bonds. The fraction of sp³-hybridized carbons (Fsp3) is 0.0769. The first-order valence-corrected chi connectivity index (χ1v) is 6.24. The summed E-state index contributed by atoms with van der Waals surface area (Å²) in [7, 11) is 0. The Morgan fingerprint density at radius 1 is 1.15 bits per heavy atom. The van der Waals surface area contributed by atoms with Crippen LogP contribution in [0.4, 0.5) is 11.5 Å². The lowest BCUT2D eigenvalue weighted by molar-refractivity contribution is 0.459. The summed E-state index contributed by atoms with van der Waals surface area (Å²) in [6.07, 6.45) is 0. The number of azo groups is 1. The molecule has 0 unspecified atom stereocenters. The van der Waals surface area contributed by atoms with E-state index in [1.807, 2.05) is 25.1 Å². The Balaban J connectivity index is 2.04. The summed E-state index contributed by atoms with van der Waals surface area (Å²) >= 11 is 5.64. The van der Waals surface area contributed by atoms with Crippen molar-refractivity contribution in [1.82, 2.24) is 15.2 Å². The van der Waals surface area contributed by atoms with Crippen LogP contribution in [-0.2, 0) is 0 Å². The number of aromatic nitrogens is 3. The van der Waals surface area contributed by atoms with Gasteiger partial charge in [0.25, 0.3) is 0 Å². The van der Waals surface area contributed by atoms with Crippen molar-refractivity contribution in [1.29, 1.82) is 0 Å². The van der Waals surface area contributed by atoms with Gasteiger partial charge in [-0.25, -0.2) is 0 Å². The van der Waals surface area contributed by atoms with Gasteiger partial charge in [-0.15, -0.1) is 20.4 Å². The lowest BCUT2D eigenvalue weighted by Crippen LogP contribution is -1.79. The van der Waals surface area contributed by atoms with Gasteiger partial charge in [-0.05, 0) is 24.6 Å². The molecule has 20 heavy (non-hydrogen) atoms.